The van der Waals surface area contributed by atoms with Gasteiger partial charge in [0.25, 0.3) is 0 Å². The summed E-state index contributed by atoms with van der Waals surface area (Å²) in [6, 6.07) is 3.22. The molecule has 0 fully saturated rings. The SMILES string of the molecule is CNC(=O)OCc1ccc(COC(N)=O)o1. The molecule has 2 amide bonds. The molecule has 3 N–H and O–H groups in total. The van der Waals surface area contributed by atoms with Crippen LogP contribution in [0.2, 0.25) is 0 Å². The van der Waals surface area contributed by atoms with Crippen LogP contribution in [0.25, 0.3) is 0 Å². The van der Waals surface area contributed by atoms with Crippen LogP contribution < -0.4 is 11.1 Å². The molecule has 0 aliphatic carbocycles. The number of furan rings is 1. The van der Waals surface area contributed by atoms with Gasteiger partial charge in [-0.15, -0.1) is 0 Å². The van der Waals surface area contributed by atoms with Crippen molar-refractivity contribution in [1.29, 1.82) is 0 Å². The lowest BCUT2D eigenvalue weighted by Crippen LogP contribution is -2.18. The topological polar surface area (TPSA) is 104 Å². The quantitative estimate of drug-likeness (QED) is 0.790. The zero-order valence-electron chi connectivity index (χ0n) is 8.69. The number of alkyl carbamates (subject to hydrolysis) is 1. The van der Waals surface area contributed by atoms with E-state index in [0.717, 1.165) is 0 Å². The minimum absolute atomic E-state index is 0.0102. The van der Waals surface area contributed by atoms with Crippen molar-refractivity contribution >= 4 is 12.2 Å². The highest BCUT2D eigenvalue weighted by atomic mass is 16.6. The van der Waals surface area contributed by atoms with Crippen LogP contribution in [0.5, 0.6) is 0 Å². The normalized spacial score (nSPS) is 9.56. The Bertz CT molecular complexity index is 374. The lowest BCUT2D eigenvalue weighted by atomic mass is 10.4. The maximum Gasteiger partial charge on any atom is 0.407 e. The lowest BCUT2D eigenvalue weighted by Gasteiger charge is -2.01. The Balaban J connectivity index is 2.39. The molecule has 0 atom stereocenters. The second-order valence-electron chi connectivity index (χ2n) is 2.80. The number of hydrogen-bond acceptors (Lipinski definition) is 5. The Kier molecular flexibility index (Phi) is 4.19. The zero-order chi connectivity index (χ0) is 12.0. The summed E-state index contributed by atoms with van der Waals surface area (Å²) in [5.74, 6) is 0.876. The van der Waals surface area contributed by atoms with Crippen molar-refractivity contribution < 1.29 is 23.5 Å². The first-order chi connectivity index (χ1) is 7.61. The predicted molar refractivity (Wildman–Crippen MR) is 52.3 cm³/mol. The van der Waals surface area contributed by atoms with Gasteiger partial charge in [-0.05, 0) is 12.1 Å². The molecule has 1 aromatic rings. The molecule has 7 nitrogen and oxygen atoms in total. The van der Waals surface area contributed by atoms with E-state index in [1.165, 1.54) is 7.05 Å². The number of primary amides is 1. The first-order valence-corrected chi connectivity index (χ1v) is 4.46. The van der Waals surface area contributed by atoms with E-state index in [9.17, 15) is 9.59 Å². The Morgan fingerprint density at radius 3 is 2.38 bits per heavy atom. The summed E-state index contributed by atoms with van der Waals surface area (Å²) in [4.78, 5) is 21.1. The summed E-state index contributed by atoms with van der Waals surface area (Å²) in [6.07, 6.45) is -1.43. The lowest BCUT2D eigenvalue weighted by molar-refractivity contribution is 0.126. The van der Waals surface area contributed by atoms with Gasteiger partial charge < -0.3 is 24.9 Å². The maximum atomic E-state index is 10.7. The summed E-state index contributed by atoms with van der Waals surface area (Å²) in [5, 5.41) is 2.29. The molecule has 0 aromatic carbocycles. The zero-order valence-corrected chi connectivity index (χ0v) is 8.69. The summed E-state index contributed by atoms with van der Waals surface area (Å²) in [6.45, 7) is -0.0362. The Labute approximate surface area is 91.5 Å². The molecule has 1 aromatic heterocycles. The average molecular weight is 228 g/mol. The van der Waals surface area contributed by atoms with Crippen molar-refractivity contribution in [1.82, 2.24) is 5.32 Å². The molecule has 1 rings (SSSR count). The van der Waals surface area contributed by atoms with Crippen LogP contribution in [0.3, 0.4) is 0 Å². The molecule has 0 unspecified atom stereocenters. The van der Waals surface area contributed by atoms with E-state index < -0.39 is 12.2 Å². The molecule has 16 heavy (non-hydrogen) atoms. The highest BCUT2D eigenvalue weighted by Gasteiger charge is 2.06. The van der Waals surface area contributed by atoms with Crippen molar-refractivity contribution in [2.75, 3.05) is 7.05 Å². The second-order valence-corrected chi connectivity index (χ2v) is 2.80. The number of nitrogens with one attached hydrogen (secondary N) is 1. The monoisotopic (exact) mass is 228 g/mol. The maximum absolute atomic E-state index is 10.7. The van der Waals surface area contributed by atoms with E-state index >= 15 is 0 Å². The highest BCUT2D eigenvalue weighted by Crippen LogP contribution is 2.10. The summed E-state index contributed by atoms with van der Waals surface area (Å²) < 4.78 is 14.4. The fraction of sp³-hybridized carbons (Fsp3) is 0.333. The van der Waals surface area contributed by atoms with Crippen LogP contribution in [0.1, 0.15) is 11.5 Å². The number of rotatable bonds is 4. The van der Waals surface area contributed by atoms with Gasteiger partial charge in [0.15, 0.2) is 13.2 Å². The number of hydrogen-bond donors (Lipinski definition) is 2. The van der Waals surface area contributed by atoms with Gasteiger partial charge in [0.2, 0.25) is 0 Å². The van der Waals surface area contributed by atoms with E-state index in [1.54, 1.807) is 12.1 Å². The van der Waals surface area contributed by atoms with Crippen molar-refractivity contribution in [3.8, 4) is 0 Å². The third-order valence-corrected chi connectivity index (χ3v) is 1.62. The third kappa shape index (κ3) is 3.91. The molecule has 0 aliphatic heterocycles. The number of carbonyl (C=O) groups excluding carboxylic acids is 2. The molecular weight excluding hydrogens is 216 g/mol. The fourth-order valence-corrected chi connectivity index (χ4v) is 0.929. The molecule has 0 bridgehead atoms. The minimum Gasteiger partial charge on any atom is -0.459 e. The number of ether oxygens (including phenoxy) is 2. The molecule has 88 valence electrons. The van der Waals surface area contributed by atoms with Gasteiger partial charge in [-0.2, -0.15) is 0 Å². The first kappa shape index (κ1) is 11.9. The molecule has 0 aliphatic rings. The predicted octanol–water partition coefficient (Wildman–Crippen LogP) is 0.731. The van der Waals surface area contributed by atoms with Gasteiger partial charge in [-0.25, -0.2) is 9.59 Å². The van der Waals surface area contributed by atoms with Crippen LogP contribution in [-0.2, 0) is 22.7 Å². The van der Waals surface area contributed by atoms with Crippen molar-refractivity contribution in [2.24, 2.45) is 5.73 Å². The van der Waals surface area contributed by atoms with Gasteiger partial charge in [0.05, 0.1) is 0 Å². The molecule has 0 saturated carbocycles. The van der Waals surface area contributed by atoms with Gasteiger partial charge in [0, 0.05) is 7.05 Å². The Hall–Kier alpha value is -2.18. The molecule has 0 radical (unpaired) electrons. The van der Waals surface area contributed by atoms with E-state index in [4.69, 9.17) is 14.9 Å². The summed E-state index contributed by atoms with van der Waals surface area (Å²) in [7, 11) is 1.45. The van der Waals surface area contributed by atoms with Crippen LogP contribution >= 0.6 is 0 Å². The van der Waals surface area contributed by atoms with Crippen LogP contribution in [-0.4, -0.2) is 19.2 Å². The van der Waals surface area contributed by atoms with Gasteiger partial charge in [-0.1, -0.05) is 0 Å². The molecular formula is C9H12N2O5. The van der Waals surface area contributed by atoms with E-state index in [2.05, 4.69) is 10.1 Å². The van der Waals surface area contributed by atoms with Crippen molar-refractivity contribution in [3.63, 3.8) is 0 Å². The van der Waals surface area contributed by atoms with E-state index in [-0.39, 0.29) is 13.2 Å². The van der Waals surface area contributed by atoms with Crippen LogP contribution in [0, 0.1) is 0 Å². The van der Waals surface area contributed by atoms with Crippen molar-refractivity contribution in [3.05, 3.63) is 23.7 Å². The minimum atomic E-state index is -0.875. The Morgan fingerprint density at radius 1 is 1.31 bits per heavy atom. The van der Waals surface area contributed by atoms with Crippen LogP contribution in [0.4, 0.5) is 9.59 Å². The van der Waals surface area contributed by atoms with Gasteiger partial charge in [0.1, 0.15) is 11.5 Å². The molecule has 1 heterocycles. The summed E-state index contributed by atoms with van der Waals surface area (Å²) in [5.41, 5.74) is 4.78. The number of amides is 2. The smallest absolute Gasteiger partial charge is 0.407 e. The second kappa shape index (κ2) is 5.64. The summed E-state index contributed by atoms with van der Waals surface area (Å²) >= 11 is 0. The number of carbonyl (C=O) groups is 2. The molecule has 0 saturated heterocycles. The molecule has 0 spiro atoms. The standard InChI is InChI=1S/C9H12N2O5/c1-11-9(13)15-5-7-3-2-6(16-7)4-14-8(10)12/h2-3H,4-5H2,1H3,(H2,10,12)(H,11,13). The van der Waals surface area contributed by atoms with Crippen LogP contribution in [0.15, 0.2) is 16.5 Å². The fourth-order valence-electron chi connectivity index (χ4n) is 0.929. The van der Waals surface area contributed by atoms with E-state index in [0.29, 0.717) is 11.5 Å². The first-order valence-electron chi connectivity index (χ1n) is 4.46. The highest BCUT2D eigenvalue weighted by molar-refractivity contribution is 5.66. The largest absolute Gasteiger partial charge is 0.459 e. The van der Waals surface area contributed by atoms with Crippen molar-refractivity contribution in [2.45, 2.75) is 13.2 Å². The van der Waals surface area contributed by atoms with Gasteiger partial charge in [-0.3, -0.25) is 0 Å². The van der Waals surface area contributed by atoms with Gasteiger partial charge >= 0.3 is 12.2 Å². The third-order valence-electron chi connectivity index (χ3n) is 1.62. The average Bonchev–Trinajstić information content (AvgIpc) is 2.71. The van der Waals surface area contributed by atoms with E-state index in [1.807, 2.05) is 0 Å². The Morgan fingerprint density at radius 2 is 1.88 bits per heavy atom. The number of nitrogens with two attached hydrogens (primary N) is 1. The molecule has 7 heteroatoms.